The van der Waals surface area contributed by atoms with Gasteiger partial charge < -0.3 is 22.1 Å². The average molecular weight is 251 g/mol. The Labute approximate surface area is 105 Å². The van der Waals surface area contributed by atoms with Crippen molar-refractivity contribution in [3.63, 3.8) is 0 Å². The topological polar surface area (TPSA) is 123 Å². The van der Waals surface area contributed by atoms with Crippen LogP contribution < -0.4 is 22.1 Å². The summed E-state index contributed by atoms with van der Waals surface area (Å²) in [6.45, 7) is 1.91. The standard InChI is InChI=1S/C11H17N5O2/c1-2-3-8(16-11(13)18)10(17)15-7-4-5-9(12)14-6-7/h4-6,8H,2-3H2,1H3,(H2,12,14)(H,15,17)(H3,13,16,18)/t8-/m1/s1. The van der Waals surface area contributed by atoms with Crippen LogP contribution in [-0.4, -0.2) is 23.0 Å². The summed E-state index contributed by atoms with van der Waals surface area (Å²) >= 11 is 0. The quantitative estimate of drug-likeness (QED) is 0.606. The first-order chi connectivity index (χ1) is 8.52. The molecule has 0 aliphatic rings. The highest BCUT2D eigenvalue weighted by Crippen LogP contribution is 2.08. The monoisotopic (exact) mass is 251 g/mol. The lowest BCUT2D eigenvalue weighted by atomic mass is 10.1. The Kier molecular flexibility index (Phi) is 4.91. The van der Waals surface area contributed by atoms with E-state index in [1.54, 1.807) is 12.1 Å². The second kappa shape index (κ2) is 6.43. The summed E-state index contributed by atoms with van der Waals surface area (Å²) < 4.78 is 0. The van der Waals surface area contributed by atoms with Crippen molar-refractivity contribution in [1.29, 1.82) is 0 Å². The highest BCUT2D eigenvalue weighted by Gasteiger charge is 2.18. The van der Waals surface area contributed by atoms with Gasteiger partial charge in [0, 0.05) is 0 Å². The van der Waals surface area contributed by atoms with Gasteiger partial charge in [0.05, 0.1) is 11.9 Å². The molecule has 7 nitrogen and oxygen atoms in total. The van der Waals surface area contributed by atoms with Crippen molar-refractivity contribution in [3.8, 4) is 0 Å². The van der Waals surface area contributed by atoms with E-state index in [2.05, 4.69) is 15.6 Å². The van der Waals surface area contributed by atoms with E-state index in [1.807, 2.05) is 6.92 Å². The number of amides is 3. The first-order valence-corrected chi connectivity index (χ1v) is 5.61. The Bertz CT molecular complexity index is 418. The first kappa shape index (κ1) is 13.8. The SMILES string of the molecule is CCC[C@@H](NC(N)=O)C(=O)Nc1ccc(N)nc1. The van der Waals surface area contributed by atoms with Crippen LogP contribution in [0.4, 0.5) is 16.3 Å². The molecule has 6 N–H and O–H groups in total. The molecule has 1 rings (SSSR count). The maximum atomic E-state index is 11.9. The number of aromatic nitrogens is 1. The van der Waals surface area contributed by atoms with Crippen molar-refractivity contribution < 1.29 is 9.59 Å². The van der Waals surface area contributed by atoms with Crippen molar-refractivity contribution >= 4 is 23.4 Å². The molecule has 3 amide bonds. The number of anilines is 2. The normalized spacial score (nSPS) is 11.6. The molecule has 0 aliphatic carbocycles. The van der Waals surface area contributed by atoms with E-state index >= 15 is 0 Å². The Morgan fingerprint density at radius 1 is 1.44 bits per heavy atom. The van der Waals surface area contributed by atoms with E-state index in [4.69, 9.17) is 11.5 Å². The maximum absolute atomic E-state index is 11.9. The van der Waals surface area contributed by atoms with Gasteiger partial charge in [0.2, 0.25) is 5.91 Å². The number of hydrogen-bond donors (Lipinski definition) is 4. The van der Waals surface area contributed by atoms with Gasteiger partial charge in [-0.05, 0) is 18.6 Å². The fourth-order valence-corrected chi connectivity index (χ4v) is 1.44. The van der Waals surface area contributed by atoms with Gasteiger partial charge in [-0.25, -0.2) is 9.78 Å². The summed E-state index contributed by atoms with van der Waals surface area (Å²) in [5.74, 6) is 0.0376. The molecule has 0 unspecified atom stereocenters. The van der Waals surface area contributed by atoms with Gasteiger partial charge in [0.25, 0.3) is 0 Å². The Morgan fingerprint density at radius 2 is 2.17 bits per heavy atom. The van der Waals surface area contributed by atoms with Gasteiger partial charge in [-0.15, -0.1) is 0 Å². The molecule has 0 aliphatic heterocycles. The Balaban J connectivity index is 2.65. The third-order valence-corrected chi connectivity index (χ3v) is 2.26. The van der Waals surface area contributed by atoms with E-state index in [0.717, 1.165) is 6.42 Å². The van der Waals surface area contributed by atoms with Crippen LogP contribution in [0, 0.1) is 0 Å². The van der Waals surface area contributed by atoms with Gasteiger partial charge in [-0.2, -0.15) is 0 Å². The van der Waals surface area contributed by atoms with Gasteiger partial charge >= 0.3 is 6.03 Å². The lowest BCUT2D eigenvalue weighted by Crippen LogP contribution is -2.46. The number of nitrogens with two attached hydrogens (primary N) is 2. The van der Waals surface area contributed by atoms with Crippen molar-refractivity contribution in [2.24, 2.45) is 5.73 Å². The number of nitrogens with zero attached hydrogens (tertiary/aromatic N) is 1. The number of hydrogen-bond acceptors (Lipinski definition) is 4. The van der Waals surface area contributed by atoms with Crippen LogP contribution in [0.3, 0.4) is 0 Å². The highest BCUT2D eigenvalue weighted by atomic mass is 16.2. The molecule has 0 spiro atoms. The number of rotatable bonds is 5. The zero-order valence-corrected chi connectivity index (χ0v) is 10.1. The number of carbonyl (C=O) groups is 2. The number of carbonyl (C=O) groups excluding carboxylic acids is 2. The molecule has 98 valence electrons. The largest absolute Gasteiger partial charge is 0.384 e. The van der Waals surface area contributed by atoms with E-state index in [-0.39, 0.29) is 5.91 Å². The van der Waals surface area contributed by atoms with Crippen LogP contribution in [0.25, 0.3) is 0 Å². The molecular formula is C11H17N5O2. The van der Waals surface area contributed by atoms with Gasteiger partial charge in [-0.1, -0.05) is 13.3 Å². The summed E-state index contributed by atoms with van der Waals surface area (Å²) in [5, 5.41) is 5.03. The molecule has 18 heavy (non-hydrogen) atoms. The molecule has 0 bridgehead atoms. The molecular weight excluding hydrogens is 234 g/mol. The summed E-state index contributed by atoms with van der Waals surface area (Å²) in [7, 11) is 0. The summed E-state index contributed by atoms with van der Waals surface area (Å²) in [6.07, 6.45) is 2.70. The Morgan fingerprint density at radius 3 is 2.67 bits per heavy atom. The van der Waals surface area contributed by atoms with Gasteiger partial charge in [0.15, 0.2) is 0 Å². The molecule has 1 aromatic heterocycles. The van der Waals surface area contributed by atoms with Crippen LogP contribution in [0.2, 0.25) is 0 Å². The molecule has 0 aromatic carbocycles. The van der Waals surface area contributed by atoms with Crippen LogP contribution in [0.1, 0.15) is 19.8 Å². The summed E-state index contributed by atoms with van der Waals surface area (Å²) in [6, 6.07) is 1.84. The molecule has 1 aromatic rings. The number of nitrogen functional groups attached to an aromatic ring is 1. The zero-order valence-electron chi connectivity index (χ0n) is 10.1. The first-order valence-electron chi connectivity index (χ1n) is 5.61. The molecule has 0 radical (unpaired) electrons. The molecule has 0 fully saturated rings. The number of nitrogens with one attached hydrogen (secondary N) is 2. The minimum Gasteiger partial charge on any atom is -0.384 e. The average Bonchev–Trinajstić information content (AvgIpc) is 2.31. The third-order valence-electron chi connectivity index (χ3n) is 2.26. The lowest BCUT2D eigenvalue weighted by Gasteiger charge is -2.16. The Hall–Kier alpha value is -2.31. The zero-order chi connectivity index (χ0) is 13.5. The fourth-order valence-electron chi connectivity index (χ4n) is 1.44. The highest BCUT2D eigenvalue weighted by molar-refractivity contribution is 5.96. The lowest BCUT2D eigenvalue weighted by molar-refractivity contribution is -0.118. The fraction of sp³-hybridized carbons (Fsp3) is 0.364. The van der Waals surface area contributed by atoms with Crippen LogP contribution in [-0.2, 0) is 4.79 Å². The van der Waals surface area contributed by atoms with E-state index in [1.165, 1.54) is 6.20 Å². The van der Waals surface area contributed by atoms with Crippen LogP contribution in [0.5, 0.6) is 0 Å². The summed E-state index contributed by atoms with van der Waals surface area (Å²) in [4.78, 5) is 26.5. The van der Waals surface area contributed by atoms with Crippen LogP contribution >= 0.6 is 0 Å². The van der Waals surface area contributed by atoms with Crippen molar-refractivity contribution in [3.05, 3.63) is 18.3 Å². The van der Waals surface area contributed by atoms with E-state index in [0.29, 0.717) is 17.9 Å². The predicted molar refractivity (Wildman–Crippen MR) is 68.7 cm³/mol. The number of pyridine rings is 1. The number of primary amides is 1. The smallest absolute Gasteiger partial charge is 0.312 e. The van der Waals surface area contributed by atoms with E-state index < -0.39 is 12.1 Å². The molecule has 1 atom stereocenters. The van der Waals surface area contributed by atoms with Crippen molar-refractivity contribution in [1.82, 2.24) is 10.3 Å². The molecule has 1 heterocycles. The maximum Gasteiger partial charge on any atom is 0.312 e. The van der Waals surface area contributed by atoms with Crippen molar-refractivity contribution in [2.75, 3.05) is 11.1 Å². The molecule has 0 saturated carbocycles. The third kappa shape index (κ3) is 4.28. The predicted octanol–water partition coefficient (Wildman–Crippen LogP) is 0.439. The second-order valence-corrected chi connectivity index (χ2v) is 3.81. The number of urea groups is 1. The minimum absolute atomic E-state index is 0.331. The van der Waals surface area contributed by atoms with E-state index in [9.17, 15) is 9.59 Å². The van der Waals surface area contributed by atoms with Crippen LogP contribution in [0.15, 0.2) is 18.3 Å². The molecule has 0 saturated heterocycles. The summed E-state index contributed by atoms with van der Waals surface area (Å²) in [5.41, 5.74) is 11.0. The second-order valence-electron chi connectivity index (χ2n) is 3.81. The van der Waals surface area contributed by atoms with Crippen molar-refractivity contribution in [2.45, 2.75) is 25.8 Å². The molecule has 7 heteroatoms. The van der Waals surface area contributed by atoms with Gasteiger partial charge in [-0.3, -0.25) is 4.79 Å². The van der Waals surface area contributed by atoms with Gasteiger partial charge in [0.1, 0.15) is 11.9 Å². The minimum atomic E-state index is -0.723.